The van der Waals surface area contributed by atoms with Crippen LogP contribution in [-0.2, 0) is 0 Å². The lowest BCUT2D eigenvalue weighted by Crippen LogP contribution is -1.83. The van der Waals surface area contributed by atoms with Crippen LogP contribution in [0.3, 0.4) is 0 Å². The summed E-state index contributed by atoms with van der Waals surface area (Å²) in [5.74, 6) is 0. The molecule has 0 saturated carbocycles. The zero-order valence-electron chi connectivity index (χ0n) is 12.7. The molecule has 0 saturated heterocycles. The van der Waals surface area contributed by atoms with Crippen LogP contribution in [0, 0.1) is 0 Å². The summed E-state index contributed by atoms with van der Waals surface area (Å²) in [4.78, 5) is 0. The van der Waals surface area contributed by atoms with E-state index in [-0.39, 0.29) is 0 Å². The van der Waals surface area contributed by atoms with Gasteiger partial charge in [0.25, 0.3) is 0 Å². The highest BCUT2D eigenvalue weighted by Gasteiger charge is 1.89. The SMILES string of the molecule is CC/C=C\CC=CCC=CCCCCCCCCO. The monoisotopic (exact) mass is 264 g/mol. The van der Waals surface area contributed by atoms with E-state index in [4.69, 9.17) is 5.11 Å². The van der Waals surface area contributed by atoms with Crippen LogP contribution in [-0.4, -0.2) is 11.7 Å². The molecular weight excluding hydrogens is 232 g/mol. The van der Waals surface area contributed by atoms with Crippen LogP contribution >= 0.6 is 0 Å². The van der Waals surface area contributed by atoms with E-state index in [1.54, 1.807) is 0 Å². The van der Waals surface area contributed by atoms with Gasteiger partial charge < -0.3 is 5.11 Å². The number of hydrogen-bond acceptors (Lipinski definition) is 1. The highest BCUT2D eigenvalue weighted by molar-refractivity contribution is 4.96. The highest BCUT2D eigenvalue weighted by atomic mass is 16.2. The molecule has 0 aliphatic heterocycles. The van der Waals surface area contributed by atoms with Crippen molar-refractivity contribution < 1.29 is 5.11 Å². The second-order valence-electron chi connectivity index (χ2n) is 4.93. The fraction of sp³-hybridized carbons (Fsp3) is 0.667. The average molecular weight is 264 g/mol. The Kier molecular flexibility index (Phi) is 16.4. The van der Waals surface area contributed by atoms with Crippen LogP contribution < -0.4 is 0 Å². The molecule has 1 N–H and O–H groups in total. The van der Waals surface area contributed by atoms with Gasteiger partial charge in [-0.3, -0.25) is 0 Å². The van der Waals surface area contributed by atoms with E-state index in [0.717, 1.165) is 25.7 Å². The largest absolute Gasteiger partial charge is 0.396 e. The van der Waals surface area contributed by atoms with Crippen LogP contribution in [0.5, 0.6) is 0 Å². The Bertz CT molecular complexity index is 238. The molecule has 0 aromatic rings. The first-order valence-electron chi connectivity index (χ1n) is 7.97. The maximum atomic E-state index is 8.65. The average Bonchev–Trinajstić information content (AvgIpc) is 2.43. The van der Waals surface area contributed by atoms with Gasteiger partial charge in [-0.05, 0) is 38.5 Å². The molecule has 0 rings (SSSR count). The second kappa shape index (κ2) is 17.2. The maximum Gasteiger partial charge on any atom is 0.0431 e. The van der Waals surface area contributed by atoms with E-state index >= 15 is 0 Å². The fourth-order valence-electron chi connectivity index (χ4n) is 1.91. The molecule has 0 aromatic carbocycles. The van der Waals surface area contributed by atoms with Gasteiger partial charge in [-0.2, -0.15) is 0 Å². The van der Waals surface area contributed by atoms with Crippen molar-refractivity contribution in [3.05, 3.63) is 36.5 Å². The van der Waals surface area contributed by atoms with Gasteiger partial charge in [0, 0.05) is 6.61 Å². The summed E-state index contributed by atoms with van der Waals surface area (Å²) < 4.78 is 0. The standard InChI is InChI=1S/C18H32O/c1-2-3-4-5-6-7-8-9-10-11-12-13-14-15-16-17-18-19/h3-4,6-7,9-10,19H,2,5,8,11-18H2,1H3/b4-3-,7-6?,10-9?. The van der Waals surface area contributed by atoms with Crippen molar-refractivity contribution >= 4 is 0 Å². The van der Waals surface area contributed by atoms with Gasteiger partial charge in [0.15, 0.2) is 0 Å². The molecule has 0 unspecified atom stereocenters. The van der Waals surface area contributed by atoms with Gasteiger partial charge in [0.2, 0.25) is 0 Å². The van der Waals surface area contributed by atoms with Gasteiger partial charge in [-0.25, -0.2) is 0 Å². The van der Waals surface area contributed by atoms with Crippen molar-refractivity contribution in [3.8, 4) is 0 Å². The van der Waals surface area contributed by atoms with Gasteiger partial charge in [0.05, 0.1) is 0 Å². The topological polar surface area (TPSA) is 20.2 Å². The molecule has 19 heavy (non-hydrogen) atoms. The van der Waals surface area contributed by atoms with Crippen molar-refractivity contribution in [2.24, 2.45) is 0 Å². The first-order chi connectivity index (χ1) is 9.41. The lowest BCUT2D eigenvalue weighted by Gasteiger charge is -1.98. The summed E-state index contributed by atoms with van der Waals surface area (Å²) >= 11 is 0. The lowest BCUT2D eigenvalue weighted by atomic mass is 10.1. The summed E-state index contributed by atoms with van der Waals surface area (Å²) in [5.41, 5.74) is 0. The molecular formula is C18H32O. The summed E-state index contributed by atoms with van der Waals surface area (Å²) in [7, 11) is 0. The van der Waals surface area contributed by atoms with Crippen LogP contribution in [0.4, 0.5) is 0 Å². The lowest BCUT2D eigenvalue weighted by molar-refractivity contribution is 0.282. The third-order valence-electron chi connectivity index (χ3n) is 3.06. The summed E-state index contributed by atoms with van der Waals surface area (Å²) in [6.07, 6.45) is 25.3. The minimum Gasteiger partial charge on any atom is -0.396 e. The molecule has 0 aromatic heterocycles. The van der Waals surface area contributed by atoms with Gasteiger partial charge >= 0.3 is 0 Å². The molecule has 0 bridgehead atoms. The van der Waals surface area contributed by atoms with Crippen LogP contribution in [0.1, 0.15) is 71.1 Å². The van der Waals surface area contributed by atoms with E-state index in [9.17, 15) is 0 Å². The Hall–Kier alpha value is -0.820. The van der Waals surface area contributed by atoms with Crippen molar-refractivity contribution in [2.45, 2.75) is 71.1 Å². The quantitative estimate of drug-likeness (QED) is 0.340. The molecule has 0 aliphatic rings. The zero-order valence-corrected chi connectivity index (χ0v) is 12.7. The predicted octanol–water partition coefficient (Wildman–Crippen LogP) is 5.57. The molecule has 0 spiro atoms. The van der Waals surface area contributed by atoms with Crippen molar-refractivity contribution in [1.82, 2.24) is 0 Å². The summed E-state index contributed by atoms with van der Waals surface area (Å²) in [6.45, 7) is 2.51. The Balaban J connectivity index is 3.19. The minimum atomic E-state index is 0.352. The van der Waals surface area contributed by atoms with E-state index in [1.165, 1.54) is 38.5 Å². The molecule has 0 fully saturated rings. The first kappa shape index (κ1) is 18.2. The minimum absolute atomic E-state index is 0.352. The predicted molar refractivity (Wildman–Crippen MR) is 86.3 cm³/mol. The van der Waals surface area contributed by atoms with Crippen molar-refractivity contribution in [1.29, 1.82) is 0 Å². The molecule has 0 aliphatic carbocycles. The number of rotatable bonds is 13. The van der Waals surface area contributed by atoms with E-state index < -0.39 is 0 Å². The van der Waals surface area contributed by atoms with Gasteiger partial charge in [0.1, 0.15) is 0 Å². The third kappa shape index (κ3) is 17.2. The Labute approximate surface area is 120 Å². The van der Waals surface area contributed by atoms with E-state index in [2.05, 4.69) is 43.4 Å². The number of hydrogen-bond donors (Lipinski definition) is 1. The first-order valence-corrected chi connectivity index (χ1v) is 7.97. The highest BCUT2D eigenvalue weighted by Crippen LogP contribution is 2.07. The number of aliphatic hydroxyl groups is 1. The number of aliphatic hydroxyl groups excluding tert-OH is 1. The fourth-order valence-corrected chi connectivity index (χ4v) is 1.91. The normalized spacial score (nSPS) is 12.3. The smallest absolute Gasteiger partial charge is 0.0431 e. The van der Waals surface area contributed by atoms with E-state index in [0.29, 0.717) is 6.61 Å². The zero-order chi connectivity index (χ0) is 14.0. The molecule has 1 heteroatoms. The second-order valence-corrected chi connectivity index (χ2v) is 4.93. The Morgan fingerprint density at radius 3 is 1.79 bits per heavy atom. The van der Waals surface area contributed by atoms with E-state index in [1.807, 2.05) is 0 Å². The molecule has 0 amide bonds. The molecule has 0 heterocycles. The molecule has 0 atom stereocenters. The Morgan fingerprint density at radius 1 is 0.632 bits per heavy atom. The third-order valence-corrected chi connectivity index (χ3v) is 3.06. The van der Waals surface area contributed by atoms with Gasteiger partial charge in [-0.15, -0.1) is 0 Å². The van der Waals surface area contributed by atoms with Gasteiger partial charge in [-0.1, -0.05) is 69.1 Å². The van der Waals surface area contributed by atoms with Crippen LogP contribution in [0.25, 0.3) is 0 Å². The summed E-state index contributed by atoms with van der Waals surface area (Å²) in [5, 5.41) is 8.65. The summed E-state index contributed by atoms with van der Waals surface area (Å²) in [6, 6.07) is 0. The Morgan fingerprint density at radius 2 is 1.16 bits per heavy atom. The van der Waals surface area contributed by atoms with Crippen molar-refractivity contribution in [3.63, 3.8) is 0 Å². The molecule has 0 radical (unpaired) electrons. The number of allylic oxidation sites excluding steroid dienone is 6. The molecule has 110 valence electrons. The van der Waals surface area contributed by atoms with Crippen LogP contribution in [0.2, 0.25) is 0 Å². The van der Waals surface area contributed by atoms with Crippen LogP contribution in [0.15, 0.2) is 36.5 Å². The number of unbranched alkanes of at least 4 members (excludes halogenated alkanes) is 6. The maximum absolute atomic E-state index is 8.65. The van der Waals surface area contributed by atoms with Crippen molar-refractivity contribution in [2.75, 3.05) is 6.61 Å². The molecule has 1 nitrogen and oxygen atoms in total.